The molecule has 3 nitrogen and oxygen atoms in total. The van der Waals surface area contributed by atoms with Crippen molar-refractivity contribution >= 4 is 33.2 Å². The molecule has 0 radical (unpaired) electrons. The first-order chi connectivity index (χ1) is 9.10. The Morgan fingerprint density at radius 1 is 1.37 bits per heavy atom. The van der Waals surface area contributed by atoms with Crippen molar-refractivity contribution in [2.75, 3.05) is 14.2 Å². The van der Waals surface area contributed by atoms with E-state index in [2.05, 4.69) is 15.9 Å². The Kier molecular flexibility index (Phi) is 4.61. The summed E-state index contributed by atoms with van der Waals surface area (Å²) in [5.41, 5.74) is 0.666. The Labute approximate surface area is 124 Å². The Bertz CT molecular complexity index is 565. The van der Waals surface area contributed by atoms with Crippen LogP contribution >= 0.6 is 27.3 Å². The SMILES string of the molecule is COc1ccc(C(=O)N(C)Cc2cc(Br)cs2)cc1. The molecule has 0 atom stereocenters. The van der Waals surface area contributed by atoms with Gasteiger partial charge in [0.25, 0.3) is 5.91 Å². The average molecular weight is 340 g/mol. The molecule has 1 aromatic carbocycles. The van der Waals surface area contributed by atoms with Crippen LogP contribution in [0, 0.1) is 0 Å². The fraction of sp³-hybridized carbons (Fsp3) is 0.214. The molecule has 0 aliphatic carbocycles. The highest BCUT2D eigenvalue weighted by Crippen LogP contribution is 2.21. The number of ether oxygens (including phenoxy) is 1. The van der Waals surface area contributed by atoms with Gasteiger partial charge in [0.05, 0.1) is 13.7 Å². The molecule has 0 spiro atoms. The number of hydrogen-bond acceptors (Lipinski definition) is 3. The lowest BCUT2D eigenvalue weighted by Gasteiger charge is -2.16. The first kappa shape index (κ1) is 14.1. The third-order valence-corrected chi connectivity index (χ3v) is 4.38. The number of carbonyl (C=O) groups is 1. The molecule has 0 unspecified atom stereocenters. The first-order valence-corrected chi connectivity index (χ1v) is 7.40. The predicted octanol–water partition coefficient (Wildman–Crippen LogP) is 3.79. The number of amides is 1. The van der Waals surface area contributed by atoms with Gasteiger partial charge in [0.2, 0.25) is 0 Å². The highest BCUT2D eigenvalue weighted by atomic mass is 79.9. The standard InChI is InChI=1S/C14H14BrNO2S/c1-16(8-13-7-11(15)9-19-13)14(17)10-3-5-12(18-2)6-4-10/h3-7,9H,8H2,1-2H3. The van der Waals surface area contributed by atoms with E-state index in [0.29, 0.717) is 12.1 Å². The zero-order valence-electron chi connectivity index (χ0n) is 10.7. The summed E-state index contributed by atoms with van der Waals surface area (Å²) in [5.74, 6) is 0.758. The van der Waals surface area contributed by atoms with E-state index in [1.54, 1.807) is 54.7 Å². The highest BCUT2D eigenvalue weighted by Gasteiger charge is 2.12. The number of methoxy groups -OCH3 is 1. The van der Waals surface area contributed by atoms with Crippen molar-refractivity contribution in [2.24, 2.45) is 0 Å². The number of carbonyl (C=O) groups excluding carboxylic acids is 1. The van der Waals surface area contributed by atoms with Crippen LogP contribution in [0.2, 0.25) is 0 Å². The molecule has 0 aliphatic rings. The van der Waals surface area contributed by atoms with Crippen LogP contribution < -0.4 is 4.74 Å². The van der Waals surface area contributed by atoms with Gasteiger partial charge >= 0.3 is 0 Å². The summed E-state index contributed by atoms with van der Waals surface area (Å²) in [6.45, 7) is 0.612. The van der Waals surface area contributed by atoms with E-state index < -0.39 is 0 Å². The van der Waals surface area contributed by atoms with Gasteiger partial charge in [0.15, 0.2) is 0 Å². The van der Waals surface area contributed by atoms with E-state index >= 15 is 0 Å². The Hall–Kier alpha value is -1.33. The van der Waals surface area contributed by atoms with Crippen LogP contribution in [0.1, 0.15) is 15.2 Å². The van der Waals surface area contributed by atoms with Crippen LogP contribution in [0.5, 0.6) is 5.75 Å². The lowest BCUT2D eigenvalue weighted by molar-refractivity contribution is 0.0786. The van der Waals surface area contributed by atoms with Crippen LogP contribution in [0.15, 0.2) is 40.2 Å². The van der Waals surface area contributed by atoms with Gasteiger partial charge in [-0.15, -0.1) is 11.3 Å². The second-order valence-corrected chi connectivity index (χ2v) is 6.03. The van der Waals surface area contributed by atoms with Crippen LogP contribution in [-0.2, 0) is 6.54 Å². The summed E-state index contributed by atoms with van der Waals surface area (Å²) in [4.78, 5) is 15.1. The predicted molar refractivity (Wildman–Crippen MR) is 80.8 cm³/mol. The molecule has 2 rings (SSSR count). The van der Waals surface area contributed by atoms with Gasteiger partial charge < -0.3 is 9.64 Å². The van der Waals surface area contributed by atoms with Crippen LogP contribution in [0.3, 0.4) is 0 Å². The van der Waals surface area contributed by atoms with Gasteiger partial charge in [-0.1, -0.05) is 0 Å². The van der Waals surface area contributed by atoms with E-state index in [-0.39, 0.29) is 5.91 Å². The number of halogens is 1. The van der Waals surface area contributed by atoms with Crippen molar-refractivity contribution in [1.82, 2.24) is 4.90 Å². The molecular formula is C14H14BrNO2S. The average Bonchev–Trinajstić information content (AvgIpc) is 2.83. The van der Waals surface area contributed by atoms with E-state index in [9.17, 15) is 4.79 Å². The summed E-state index contributed by atoms with van der Waals surface area (Å²) >= 11 is 5.05. The highest BCUT2D eigenvalue weighted by molar-refractivity contribution is 9.10. The molecule has 0 fully saturated rings. The van der Waals surface area contributed by atoms with E-state index in [0.717, 1.165) is 15.1 Å². The molecule has 19 heavy (non-hydrogen) atoms. The number of benzene rings is 1. The zero-order chi connectivity index (χ0) is 13.8. The Morgan fingerprint density at radius 2 is 2.05 bits per heavy atom. The van der Waals surface area contributed by atoms with Crippen molar-refractivity contribution < 1.29 is 9.53 Å². The fourth-order valence-corrected chi connectivity index (χ4v) is 3.20. The van der Waals surface area contributed by atoms with Crippen molar-refractivity contribution in [3.8, 4) is 5.75 Å². The monoisotopic (exact) mass is 339 g/mol. The normalized spacial score (nSPS) is 10.3. The molecule has 0 N–H and O–H groups in total. The molecule has 5 heteroatoms. The summed E-state index contributed by atoms with van der Waals surface area (Å²) in [6.07, 6.45) is 0. The van der Waals surface area contributed by atoms with E-state index in [1.165, 1.54) is 0 Å². The molecule has 1 aromatic heterocycles. The van der Waals surface area contributed by atoms with Gasteiger partial charge in [-0.25, -0.2) is 0 Å². The molecule has 0 aliphatic heterocycles. The number of rotatable bonds is 4. The maximum absolute atomic E-state index is 12.2. The summed E-state index contributed by atoms with van der Waals surface area (Å²) < 4.78 is 6.13. The lowest BCUT2D eigenvalue weighted by Crippen LogP contribution is -2.25. The lowest BCUT2D eigenvalue weighted by atomic mass is 10.2. The number of hydrogen-bond donors (Lipinski definition) is 0. The van der Waals surface area contributed by atoms with Gasteiger partial charge in [0.1, 0.15) is 5.75 Å². The summed E-state index contributed by atoms with van der Waals surface area (Å²) in [5, 5.41) is 2.01. The number of thiophene rings is 1. The second kappa shape index (κ2) is 6.21. The minimum atomic E-state index is 0.00664. The fourth-order valence-electron chi connectivity index (χ4n) is 1.70. The van der Waals surface area contributed by atoms with Gasteiger partial charge in [-0.2, -0.15) is 0 Å². The zero-order valence-corrected chi connectivity index (χ0v) is 13.1. The molecule has 0 bridgehead atoms. The molecule has 100 valence electrons. The topological polar surface area (TPSA) is 29.5 Å². The second-order valence-electron chi connectivity index (χ2n) is 4.12. The van der Waals surface area contributed by atoms with Gasteiger partial charge in [-0.3, -0.25) is 4.79 Å². The van der Waals surface area contributed by atoms with Gasteiger partial charge in [0, 0.05) is 27.3 Å². The van der Waals surface area contributed by atoms with Crippen molar-refractivity contribution in [3.63, 3.8) is 0 Å². The van der Waals surface area contributed by atoms with Crippen LogP contribution in [-0.4, -0.2) is 25.0 Å². The van der Waals surface area contributed by atoms with Gasteiger partial charge in [-0.05, 0) is 46.3 Å². The van der Waals surface area contributed by atoms with Crippen LogP contribution in [0.25, 0.3) is 0 Å². The van der Waals surface area contributed by atoms with E-state index in [1.807, 2.05) is 11.4 Å². The van der Waals surface area contributed by atoms with Crippen molar-refractivity contribution in [2.45, 2.75) is 6.54 Å². The molecule has 0 saturated carbocycles. The van der Waals surface area contributed by atoms with Crippen molar-refractivity contribution in [3.05, 3.63) is 50.6 Å². The summed E-state index contributed by atoms with van der Waals surface area (Å²) in [7, 11) is 3.41. The molecule has 1 heterocycles. The maximum atomic E-state index is 12.2. The minimum Gasteiger partial charge on any atom is -0.497 e. The molecule has 2 aromatic rings. The quantitative estimate of drug-likeness (QED) is 0.847. The smallest absolute Gasteiger partial charge is 0.253 e. The van der Waals surface area contributed by atoms with E-state index in [4.69, 9.17) is 4.74 Å². The number of nitrogens with zero attached hydrogens (tertiary/aromatic N) is 1. The largest absolute Gasteiger partial charge is 0.497 e. The van der Waals surface area contributed by atoms with Crippen LogP contribution in [0.4, 0.5) is 0 Å². The first-order valence-electron chi connectivity index (χ1n) is 5.72. The molecule has 1 amide bonds. The molecular weight excluding hydrogens is 326 g/mol. The van der Waals surface area contributed by atoms with Crippen molar-refractivity contribution in [1.29, 1.82) is 0 Å². The summed E-state index contributed by atoms with van der Waals surface area (Å²) in [6, 6.07) is 9.18. The third-order valence-electron chi connectivity index (χ3n) is 2.70. The molecule has 0 saturated heterocycles. The Morgan fingerprint density at radius 3 is 2.58 bits per heavy atom. The third kappa shape index (κ3) is 3.58. The minimum absolute atomic E-state index is 0.00664. The maximum Gasteiger partial charge on any atom is 0.253 e. The Balaban J connectivity index is 2.05.